The average Bonchev–Trinajstić information content (AvgIpc) is 2.80. The number of hydrogen-bond donors (Lipinski definition) is 2. The first-order valence-corrected chi connectivity index (χ1v) is 11.7. The van der Waals surface area contributed by atoms with E-state index in [0.29, 0.717) is 12.5 Å². The van der Waals surface area contributed by atoms with Crippen molar-refractivity contribution in [3.05, 3.63) is 64.0 Å². The van der Waals surface area contributed by atoms with Crippen molar-refractivity contribution < 1.29 is 37.1 Å². The van der Waals surface area contributed by atoms with Crippen LogP contribution in [0.2, 0.25) is 0 Å². The van der Waals surface area contributed by atoms with Gasteiger partial charge in [-0.3, -0.25) is 4.79 Å². The quantitative estimate of drug-likeness (QED) is 0.522. The number of quaternary nitrogens is 1. The molecule has 0 saturated carbocycles. The maximum absolute atomic E-state index is 13.8. The maximum atomic E-state index is 13.8. The summed E-state index contributed by atoms with van der Waals surface area (Å²) >= 11 is 0. The van der Waals surface area contributed by atoms with Gasteiger partial charge in [-0.05, 0) is 55.5 Å². The molecule has 35 heavy (non-hydrogen) atoms. The Labute approximate surface area is 200 Å². The number of benzene rings is 2. The summed E-state index contributed by atoms with van der Waals surface area (Å²) < 4.78 is 57.4. The highest BCUT2D eigenvalue weighted by Crippen LogP contribution is 2.38. The molecule has 1 fully saturated rings. The lowest BCUT2D eigenvalue weighted by atomic mass is 9.99. The fourth-order valence-corrected chi connectivity index (χ4v) is 4.28. The van der Waals surface area contributed by atoms with E-state index in [9.17, 15) is 23.1 Å². The number of nitrogens with one attached hydrogen (secondary N) is 1. The Balaban J connectivity index is 1.55. The van der Waals surface area contributed by atoms with Crippen LogP contribution in [0.5, 0.6) is 17.2 Å². The van der Waals surface area contributed by atoms with Crippen LogP contribution < -0.4 is 19.8 Å². The summed E-state index contributed by atoms with van der Waals surface area (Å²) in [4.78, 5) is 14.2. The van der Waals surface area contributed by atoms with Crippen LogP contribution in [0, 0.1) is 12.8 Å². The molecule has 1 atom stereocenters. The van der Waals surface area contributed by atoms with E-state index in [2.05, 4.69) is 6.92 Å². The monoisotopic (exact) mass is 492 g/mol. The van der Waals surface area contributed by atoms with Crippen molar-refractivity contribution in [2.45, 2.75) is 39.0 Å². The van der Waals surface area contributed by atoms with Crippen LogP contribution >= 0.6 is 0 Å². The summed E-state index contributed by atoms with van der Waals surface area (Å²) in [6.07, 6.45) is -3.45. The number of alkyl halides is 3. The van der Waals surface area contributed by atoms with Gasteiger partial charge in [0.05, 0.1) is 18.5 Å². The third-order valence-corrected chi connectivity index (χ3v) is 6.24. The number of ether oxygens (including phenoxy) is 2. The van der Waals surface area contributed by atoms with Gasteiger partial charge in [-0.15, -0.1) is 0 Å². The van der Waals surface area contributed by atoms with Crippen molar-refractivity contribution in [3.8, 4) is 17.2 Å². The Morgan fingerprint density at radius 1 is 1.14 bits per heavy atom. The molecule has 1 aromatic heterocycles. The molecular weight excluding hydrogens is 463 g/mol. The number of hydrogen-bond acceptors (Lipinski definition) is 5. The molecule has 0 amide bonds. The van der Waals surface area contributed by atoms with Crippen LogP contribution in [-0.2, 0) is 6.18 Å². The molecule has 1 aliphatic heterocycles. The molecule has 1 aliphatic rings. The minimum Gasteiger partial charge on any atom is -0.491 e. The lowest BCUT2D eigenvalue weighted by Gasteiger charge is -2.28. The zero-order valence-electron chi connectivity index (χ0n) is 19.7. The molecule has 188 valence electrons. The predicted octanol–water partition coefficient (Wildman–Crippen LogP) is 3.97. The second-order valence-corrected chi connectivity index (χ2v) is 9.27. The average molecular weight is 493 g/mol. The number of aryl methyl sites for hydroxylation is 1. The Bertz CT molecular complexity index is 1230. The highest BCUT2D eigenvalue weighted by Gasteiger charge is 2.40. The Hall–Kier alpha value is -3.04. The maximum Gasteiger partial charge on any atom is 0.453 e. The molecule has 0 spiro atoms. The number of aliphatic hydroxyl groups excluding tert-OH is 1. The lowest BCUT2D eigenvalue weighted by Crippen LogP contribution is -3.14. The van der Waals surface area contributed by atoms with E-state index in [1.807, 2.05) is 0 Å². The summed E-state index contributed by atoms with van der Waals surface area (Å²) in [5.41, 5.74) is -0.446. The van der Waals surface area contributed by atoms with E-state index in [0.717, 1.165) is 31.5 Å². The number of likely N-dealkylation sites (tertiary alicyclic amines) is 1. The van der Waals surface area contributed by atoms with Gasteiger partial charge < -0.3 is 23.9 Å². The van der Waals surface area contributed by atoms with Crippen LogP contribution in [0.1, 0.15) is 31.1 Å². The molecule has 0 bridgehead atoms. The van der Waals surface area contributed by atoms with E-state index in [1.165, 1.54) is 35.2 Å². The molecule has 0 radical (unpaired) electrons. The van der Waals surface area contributed by atoms with Crippen LogP contribution in [0.25, 0.3) is 11.0 Å². The molecule has 6 nitrogen and oxygen atoms in total. The second-order valence-electron chi connectivity index (χ2n) is 9.27. The van der Waals surface area contributed by atoms with Crippen molar-refractivity contribution in [2.75, 3.05) is 26.2 Å². The third-order valence-electron chi connectivity index (χ3n) is 6.24. The second kappa shape index (κ2) is 10.3. The topological polar surface area (TPSA) is 73.3 Å². The molecule has 2 aromatic carbocycles. The highest BCUT2D eigenvalue weighted by atomic mass is 19.4. The van der Waals surface area contributed by atoms with E-state index < -0.39 is 29.2 Å². The van der Waals surface area contributed by atoms with E-state index >= 15 is 0 Å². The molecule has 1 saturated heterocycles. The number of rotatable bonds is 7. The van der Waals surface area contributed by atoms with E-state index in [4.69, 9.17) is 13.9 Å². The van der Waals surface area contributed by atoms with Gasteiger partial charge in [0.15, 0.2) is 0 Å². The fourth-order valence-electron chi connectivity index (χ4n) is 4.28. The first kappa shape index (κ1) is 25.1. The van der Waals surface area contributed by atoms with Gasteiger partial charge in [-0.1, -0.05) is 19.1 Å². The summed E-state index contributed by atoms with van der Waals surface area (Å²) in [6.45, 7) is 6.48. The van der Waals surface area contributed by atoms with Crippen LogP contribution in [0.3, 0.4) is 0 Å². The van der Waals surface area contributed by atoms with E-state index in [-0.39, 0.29) is 29.1 Å². The van der Waals surface area contributed by atoms with Crippen molar-refractivity contribution in [1.29, 1.82) is 0 Å². The zero-order chi connectivity index (χ0) is 25.2. The molecular formula is C26H29F3NO5+. The molecule has 9 heteroatoms. The van der Waals surface area contributed by atoms with Gasteiger partial charge in [0.25, 0.3) is 5.76 Å². The van der Waals surface area contributed by atoms with E-state index in [1.54, 1.807) is 19.1 Å². The van der Waals surface area contributed by atoms with Crippen molar-refractivity contribution >= 4 is 11.0 Å². The zero-order valence-corrected chi connectivity index (χ0v) is 19.7. The number of halogens is 3. The number of fused-ring (bicyclic) bond motifs is 1. The van der Waals surface area contributed by atoms with Gasteiger partial charge in [0, 0.05) is 6.07 Å². The van der Waals surface area contributed by atoms with Crippen LogP contribution in [0.4, 0.5) is 13.2 Å². The molecule has 0 aliphatic carbocycles. The first-order valence-electron chi connectivity index (χ1n) is 11.7. The molecule has 2 heterocycles. The lowest BCUT2D eigenvalue weighted by molar-refractivity contribution is -0.909. The van der Waals surface area contributed by atoms with Gasteiger partial charge in [-0.25, -0.2) is 0 Å². The van der Waals surface area contributed by atoms with Crippen LogP contribution in [-0.4, -0.2) is 37.5 Å². The predicted molar refractivity (Wildman–Crippen MR) is 124 cm³/mol. The number of aliphatic hydroxyl groups is 1. The summed E-state index contributed by atoms with van der Waals surface area (Å²) in [6, 6.07) is 10.4. The number of piperidine rings is 1. The highest BCUT2D eigenvalue weighted by molar-refractivity contribution is 5.79. The largest absolute Gasteiger partial charge is 0.491 e. The normalized spacial score (nSPS) is 19.5. The first-order chi connectivity index (χ1) is 16.6. The standard InChI is InChI=1S/C26H28F3NO5/c1-16-8-10-30(11-9-16)14-18(31)15-33-19-6-7-21-22(13-19)35-25(26(27,28)29)24(23(21)32)34-20-5-3-4-17(2)12-20/h3-7,12-13,16,18,31H,8-11,14-15H2,1-2H3/p+1/t18-/m0/s1. The summed E-state index contributed by atoms with van der Waals surface area (Å²) in [5, 5.41) is 10.3. The minimum absolute atomic E-state index is 0.0184. The summed E-state index contributed by atoms with van der Waals surface area (Å²) in [5.74, 6) is -1.44. The van der Waals surface area contributed by atoms with Crippen molar-refractivity contribution in [1.82, 2.24) is 0 Å². The fraction of sp³-hybridized carbons (Fsp3) is 0.423. The van der Waals surface area contributed by atoms with Gasteiger partial charge >= 0.3 is 6.18 Å². The molecule has 2 N–H and O–H groups in total. The molecule has 3 aromatic rings. The SMILES string of the molecule is Cc1cccc(Oc2c(C(F)(F)F)oc3cc(OC[C@@H](O)C[NH+]4CCC(C)CC4)ccc3c2=O)c1. The third kappa shape index (κ3) is 6.15. The minimum atomic E-state index is -4.95. The molecule has 4 rings (SSSR count). The van der Waals surface area contributed by atoms with Gasteiger partial charge in [-0.2, -0.15) is 13.2 Å². The smallest absolute Gasteiger partial charge is 0.453 e. The van der Waals surface area contributed by atoms with Gasteiger partial charge in [0.1, 0.15) is 36.3 Å². The van der Waals surface area contributed by atoms with Crippen LogP contribution in [0.15, 0.2) is 51.7 Å². The Morgan fingerprint density at radius 2 is 1.89 bits per heavy atom. The van der Waals surface area contributed by atoms with Crippen molar-refractivity contribution in [2.24, 2.45) is 5.92 Å². The Kier molecular flexibility index (Phi) is 7.37. The van der Waals surface area contributed by atoms with Crippen molar-refractivity contribution in [3.63, 3.8) is 0 Å². The van der Waals surface area contributed by atoms with Gasteiger partial charge in [0.2, 0.25) is 11.2 Å². The summed E-state index contributed by atoms with van der Waals surface area (Å²) in [7, 11) is 0. The molecule has 0 unspecified atom stereocenters. The Morgan fingerprint density at radius 3 is 2.57 bits per heavy atom.